The van der Waals surface area contributed by atoms with E-state index >= 15 is 0 Å². The first-order valence-electron chi connectivity index (χ1n) is 7.75. The lowest BCUT2D eigenvalue weighted by molar-refractivity contribution is -0.121. The van der Waals surface area contributed by atoms with Crippen LogP contribution in [-0.4, -0.2) is 18.5 Å². The van der Waals surface area contributed by atoms with E-state index in [2.05, 4.69) is 36.6 Å². The molecule has 1 aromatic carbocycles. The third kappa shape index (κ3) is 4.34. The first-order chi connectivity index (χ1) is 9.66. The van der Waals surface area contributed by atoms with Gasteiger partial charge in [-0.05, 0) is 37.8 Å². The van der Waals surface area contributed by atoms with Crippen LogP contribution < -0.4 is 10.6 Å². The molecule has 0 saturated heterocycles. The SMILES string of the molecule is Cc1ccccc1C(C)NCC(=O)NC1CCCCC1. The summed E-state index contributed by atoms with van der Waals surface area (Å²) in [5.41, 5.74) is 2.53. The fourth-order valence-corrected chi connectivity index (χ4v) is 2.95. The normalized spacial score (nSPS) is 17.7. The summed E-state index contributed by atoms with van der Waals surface area (Å²) < 4.78 is 0. The molecule has 2 N–H and O–H groups in total. The van der Waals surface area contributed by atoms with Crippen LogP contribution in [0.1, 0.15) is 56.2 Å². The van der Waals surface area contributed by atoms with Crippen LogP contribution in [0, 0.1) is 6.92 Å². The second-order valence-corrected chi connectivity index (χ2v) is 5.86. The molecule has 0 radical (unpaired) electrons. The van der Waals surface area contributed by atoms with Gasteiger partial charge in [0, 0.05) is 12.1 Å². The number of nitrogens with one attached hydrogen (secondary N) is 2. The van der Waals surface area contributed by atoms with Crippen molar-refractivity contribution in [3.8, 4) is 0 Å². The van der Waals surface area contributed by atoms with Gasteiger partial charge >= 0.3 is 0 Å². The van der Waals surface area contributed by atoms with Gasteiger partial charge < -0.3 is 10.6 Å². The summed E-state index contributed by atoms with van der Waals surface area (Å²) in [5, 5.41) is 6.46. The van der Waals surface area contributed by atoms with E-state index in [0.29, 0.717) is 12.6 Å². The smallest absolute Gasteiger partial charge is 0.234 e. The molecule has 1 saturated carbocycles. The Morgan fingerprint density at radius 3 is 2.65 bits per heavy atom. The van der Waals surface area contributed by atoms with E-state index in [9.17, 15) is 4.79 Å². The molecule has 0 aromatic heterocycles. The monoisotopic (exact) mass is 274 g/mol. The number of amides is 1. The van der Waals surface area contributed by atoms with E-state index < -0.39 is 0 Å². The molecule has 1 fully saturated rings. The maximum atomic E-state index is 12.0. The highest BCUT2D eigenvalue weighted by Gasteiger charge is 2.16. The van der Waals surface area contributed by atoms with Gasteiger partial charge in [0.15, 0.2) is 0 Å². The van der Waals surface area contributed by atoms with Crippen molar-refractivity contribution < 1.29 is 4.79 Å². The Balaban J connectivity index is 1.76. The summed E-state index contributed by atoms with van der Waals surface area (Å²) in [6.45, 7) is 4.61. The van der Waals surface area contributed by atoms with Gasteiger partial charge in [0.1, 0.15) is 0 Å². The van der Waals surface area contributed by atoms with Crippen LogP contribution in [0.4, 0.5) is 0 Å². The van der Waals surface area contributed by atoms with Gasteiger partial charge in [0.2, 0.25) is 5.91 Å². The molecule has 20 heavy (non-hydrogen) atoms. The number of carbonyl (C=O) groups is 1. The van der Waals surface area contributed by atoms with E-state index in [1.165, 1.54) is 30.4 Å². The Bertz CT molecular complexity index is 438. The third-order valence-corrected chi connectivity index (χ3v) is 4.19. The lowest BCUT2D eigenvalue weighted by Crippen LogP contribution is -2.41. The minimum absolute atomic E-state index is 0.123. The maximum absolute atomic E-state index is 12.0. The molecule has 0 aliphatic heterocycles. The minimum atomic E-state index is 0.123. The molecule has 1 aliphatic carbocycles. The van der Waals surface area contributed by atoms with Gasteiger partial charge in [-0.25, -0.2) is 0 Å². The summed E-state index contributed by atoms with van der Waals surface area (Å²) in [6.07, 6.45) is 6.09. The Hall–Kier alpha value is -1.35. The molecule has 0 bridgehead atoms. The number of rotatable bonds is 5. The first-order valence-corrected chi connectivity index (χ1v) is 7.75. The van der Waals surface area contributed by atoms with E-state index in [-0.39, 0.29) is 11.9 Å². The first kappa shape index (κ1) is 15.0. The van der Waals surface area contributed by atoms with Gasteiger partial charge in [-0.3, -0.25) is 4.79 Å². The quantitative estimate of drug-likeness (QED) is 0.866. The zero-order valence-electron chi connectivity index (χ0n) is 12.6. The van der Waals surface area contributed by atoms with Crippen molar-refractivity contribution >= 4 is 5.91 Å². The number of benzene rings is 1. The molecule has 2 rings (SSSR count). The summed E-state index contributed by atoms with van der Waals surface area (Å²) in [5.74, 6) is 0.123. The zero-order chi connectivity index (χ0) is 14.4. The summed E-state index contributed by atoms with van der Waals surface area (Å²) in [4.78, 5) is 12.0. The number of hydrogen-bond acceptors (Lipinski definition) is 2. The fourth-order valence-electron chi connectivity index (χ4n) is 2.95. The number of carbonyl (C=O) groups excluding carboxylic acids is 1. The molecular weight excluding hydrogens is 248 g/mol. The number of aryl methyl sites for hydroxylation is 1. The van der Waals surface area contributed by atoms with Gasteiger partial charge in [-0.1, -0.05) is 43.5 Å². The highest BCUT2D eigenvalue weighted by molar-refractivity contribution is 5.78. The Morgan fingerprint density at radius 1 is 1.25 bits per heavy atom. The molecular formula is C17H26N2O. The second-order valence-electron chi connectivity index (χ2n) is 5.86. The predicted molar refractivity (Wildman–Crippen MR) is 82.6 cm³/mol. The average Bonchev–Trinajstić information content (AvgIpc) is 2.46. The standard InChI is InChI=1S/C17H26N2O/c1-13-8-6-7-11-16(13)14(2)18-12-17(20)19-15-9-4-3-5-10-15/h6-8,11,14-15,18H,3-5,9-10,12H2,1-2H3,(H,19,20). The fraction of sp³-hybridized carbons (Fsp3) is 0.588. The summed E-state index contributed by atoms with van der Waals surface area (Å²) in [6, 6.07) is 8.91. The van der Waals surface area contributed by atoms with Crippen molar-refractivity contribution in [1.29, 1.82) is 0 Å². The van der Waals surface area contributed by atoms with Gasteiger partial charge in [0.25, 0.3) is 0 Å². The molecule has 1 amide bonds. The maximum Gasteiger partial charge on any atom is 0.234 e. The van der Waals surface area contributed by atoms with Gasteiger partial charge in [-0.2, -0.15) is 0 Å². The van der Waals surface area contributed by atoms with Crippen LogP contribution in [0.5, 0.6) is 0 Å². The topological polar surface area (TPSA) is 41.1 Å². The lowest BCUT2D eigenvalue weighted by atomic mass is 9.95. The van der Waals surface area contributed by atoms with Crippen LogP contribution in [0.15, 0.2) is 24.3 Å². The molecule has 3 nitrogen and oxygen atoms in total. The van der Waals surface area contributed by atoms with Crippen LogP contribution in [0.2, 0.25) is 0 Å². The van der Waals surface area contributed by atoms with E-state index in [4.69, 9.17) is 0 Å². The molecule has 1 aromatic rings. The highest BCUT2D eigenvalue weighted by atomic mass is 16.1. The van der Waals surface area contributed by atoms with Crippen molar-refractivity contribution in [3.05, 3.63) is 35.4 Å². The van der Waals surface area contributed by atoms with E-state index in [1.54, 1.807) is 0 Å². The van der Waals surface area contributed by atoms with E-state index in [1.807, 2.05) is 12.1 Å². The zero-order valence-corrected chi connectivity index (χ0v) is 12.6. The summed E-state index contributed by atoms with van der Waals surface area (Å²) >= 11 is 0. The Morgan fingerprint density at radius 2 is 1.95 bits per heavy atom. The Kier molecular flexibility index (Phi) is 5.60. The van der Waals surface area contributed by atoms with Crippen molar-refractivity contribution in [2.75, 3.05) is 6.54 Å². The van der Waals surface area contributed by atoms with Gasteiger partial charge in [-0.15, -0.1) is 0 Å². The van der Waals surface area contributed by atoms with Crippen LogP contribution >= 0.6 is 0 Å². The van der Waals surface area contributed by atoms with E-state index in [0.717, 1.165) is 12.8 Å². The van der Waals surface area contributed by atoms with Crippen LogP contribution in [0.25, 0.3) is 0 Å². The molecule has 1 aliphatic rings. The van der Waals surface area contributed by atoms with Crippen molar-refractivity contribution in [3.63, 3.8) is 0 Å². The molecule has 1 unspecified atom stereocenters. The van der Waals surface area contributed by atoms with Crippen LogP contribution in [0.3, 0.4) is 0 Å². The average molecular weight is 274 g/mol. The van der Waals surface area contributed by atoms with Crippen molar-refractivity contribution in [2.45, 2.75) is 58.0 Å². The molecule has 110 valence electrons. The van der Waals surface area contributed by atoms with Crippen LogP contribution in [-0.2, 0) is 4.79 Å². The number of hydrogen-bond donors (Lipinski definition) is 2. The minimum Gasteiger partial charge on any atom is -0.352 e. The largest absolute Gasteiger partial charge is 0.352 e. The molecule has 0 spiro atoms. The molecule has 0 heterocycles. The molecule has 3 heteroatoms. The molecule has 1 atom stereocenters. The lowest BCUT2D eigenvalue weighted by Gasteiger charge is -2.23. The second kappa shape index (κ2) is 7.44. The third-order valence-electron chi connectivity index (χ3n) is 4.19. The van der Waals surface area contributed by atoms with Gasteiger partial charge in [0.05, 0.1) is 6.54 Å². The summed E-state index contributed by atoms with van der Waals surface area (Å²) in [7, 11) is 0. The highest BCUT2D eigenvalue weighted by Crippen LogP contribution is 2.18. The predicted octanol–water partition coefficient (Wildman–Crippen LogP) is 3.09. The Labute approximate surface area is 122 Å². The van der Waals surface area contributed by atoms with Crippen molar-refractivity contribution in [1.82, 2.24) is 10.6 Å². The van der Waals surface area contributed by atoms with Crippen molar-refractivity contribution in [2.24, 2.45) is 0 Å².